The van der Waals surface area contributed by atoms with Crippen molar-refractivity contribution in [3.8, 4) is 11.3 Å². The lowest BCUT2D eigenvalue weighted by molar-refractivity contribution is 0.628. The summed E-state index contributed by atoms with van der Waals surface area (Å²) >= 11 is 0. The highest BCUT2D eigenvalue weighted by molar-refractivity contribution is 5.83. The Hall–Kier alpha value is -2.49. The summed E-state index contributed by atoms with van der Waals surface area (Å²) in [6, 6.07) is 12.0. The number of hydrogen-bond acceptors (Lipinski definition) is 3. The molecule has 0 aliphatic rings. The highest BCUT2D eigenvalue weighted by atomic mass is 19.1. The van der Waals surface area contributed by atoms with Crippen LogP contribution in [0, 0.1) is 12.7 Å². The number of nitrogens with two attached hydrogens (primary N) is 1. The van der Waals surface area contributed by atoms with Crippen LogP contribution in [0.15, 0.2) is 42.5 Å². The van der Waals surface area contributed by atoms with Crippen molar-refractivity contribution in [1.29, 1.82) is 0 Å². The second-order valence-corrected chi connectivity index (χ2v) is 4.41. The Kier molecular flexibility index (Phi) is 2.63. The Morgan fingerprint density at radius 3 is 2.42 bits per heavy atom. The van der Waals surface area contributed by atoms with E-state index in [4.69, 9.17) is 5.73 Å². The SMILES string of the molecule is Cc1ccc(F)cc1-c1nc2ccccc2nc1N. The maximum absolute atomic E-state index is 13.4. The van der Waals surface area contributed by atoms with E-state index in [0.29, 0.717) is 17.1 Å². The molecule has 4 heteroatoms. The van der Waals surface area contributed by atoms with Crippen molar-refractivity contribution < 1.29 is 4.39 Å². The lowest BCUT2D eigenvalue weighted by atomic mass is 10.0. The fraction of sp³-hybridized carbons (Fsp3) is 0.0667. The molecule has 19 heavy (non-hydrogen) atoms. The molecule has 94 valence electrons. The lowest BCUT2D eigenvalue weighted by Gasteiger charge is -2.09. The van der Waals surface area contributed by atoms with Crippen molar-refractivity contribution >= 4 is 16.9 Å². The van der Waals surface area contributed by atoms with E-state index in [2.05, 4.69) is 9.97 Å². The Balaban J connectivity index is 2.30. The molecule has 0 saturated heterocycles. The molecule has 2 N–H and O–H groups in total. The Morgan fingerprint density at radius 1 is 1.00 bits per heavy atom. The number of aryl methyl sites for hydroxylation is 1. The first-order valence-electron chi connectivity index (χ1n) is 5.94. The van der Waals surface area contributed by atoms with Gasteiger partial charge in [0.05, 0.1) is 11.0 Å². The van der Waals surface area contributed by atoms with Crippen LogP contribution in [0.2, 0.25) is 0 Å². The molecule has 0 amide bonds. The van der Waals surface area contributed by atoms with E-state index in [1.807, 2.05) is 31.2 Å². The summed E-state index contributed by atoms with van der Waals surface area (Å²) in [6.07, 6.45) is 0. The van der Waals surface area contributed by atoms with Crippen LogP contribution in [0.3, 0.4) is 0 Å². The minimum absolute atomic E-state index is 0.310. The summed E-state index contributed by atoms with van der Waals surface area (Å²) in [7, 11) is 0. The summed E-state index contributed by atoms with van der Waals surface area (Å²) in [5, 5.41) is 0. The number of rotatable bonds is 1. The minimum Gasteiger partial charge on any atom is -0.382 e. The van der Waals surface area contributed by atoms with Crippen LogP contribution in [0.5, 0.6) is 0 Å². The maximum Gasteiger partial charge on any atom is 0.150 e. The number of anilines is 1. The molecule has 2 aromatic carbocycles. The van der Waals surface area contributed by atoms with Gasteiger partial charge in [0, 0.05) is 5.56 Å². The molecule has 0 aliphatic carbocycles. The molecule has 3 rings (SSSR count). The van der Waals surface area contributed by atoms with E-state index in [1.54, 1.807) is 6.07 Å². The number of benzene rings is 2. The van der Waals surface area contributed by atoms with E-state index in [0.717, 1.165) is 16.6 Å². The number of fused-ring (bicyclic) bond motifs is 1. The van der Waals surface area contributed by atoms with Gasteiger partial charge in [0.15, 0.2) is 5.82 Å². The average Bonchev–Trinajstić information content (AvgIpc) is 2.41. The van der Waals surface area contributed by atoms with Crippen molar-refractivity contribution in [3.63, 3.8) is 0 Å². The smallest absolute Gasteiger partial charge is 0.150 e. The van der Waals surface area contributed by atoms with E-state index < -0.39 is 0 Å². The molecule has 3 nitrogen and oxygen atoms in total. The van der Waals surface area contributed by atoms with Gasteiger partial charge in [0.25, 0.3) is 0 Å². The largest absolute Gasteiger partial charge is 0.382 e. The molecular weight excluding hydrogens is 241 g/mol. The van der Waals surface area contributed by atoms with Crippen LogP contribution in [0.25, 0.3) is 22.3 Å². The standard InChI is InChI=1S/C15H12FN3/c1-9-6-7-10(16)8-11(9)14-15(17)19-13-5-3-2-4-12(13)18-14/h2-8H,1H3,(H2,17,19). The first-order valence-corrected chi connectivity index (χ1v) is 5.94. The van der Waals surface area contributed by atoms with Gasteiger partial charge in [-0.1, -0.05) is 18.2 Å². The van der Waals surface area contributed by atoms with Crippen molar-refractivity contribution in [2.75, 3.05) is 5.73 Å². The van der Waals surface area contributed by atoms with Crippen LogP contribution in [-0.4, -0.2) is 9.97 Å². The Bertz CT molecular complexity index is 768. The zero-order valence-electron chi connectivity index (χ0n) is 10.4. The first-order chi connectivity index (χ1) is 9.15. The van der Waals surface area contributed by atoms with Crippen LogP contribution in [0.4, 0.5) is 10.2 Å². The molecule has 0 fully saturated rings. The number of nitrogens with zero attached hydrogens (tertiary/aromatic N) is 2. The predicted molar refractivity (Wildman–Crippen MR) is 74.1 cm³/mol. The zero-order valence-corrected chi connectivity index (χ0v) is 10.4. The number of aromatic nitrogens is 2. The van der Waals surface area contributed by atoms with Crippen LogP contribution >= 0.6 is 0 Å². The van der Waals surface area contributed by atoms with Gasteiger partial charge < -0.3 is 5.73 Å². The van der Waals surface area contributed by atoms with Crippen LogP contribution in [0.1, 0.15) is 5.56 Å². The summed E-state index contributed by atoms with van der Waals surface area (Å²) in [5.41, 5.74) is 9.54. The molecule has 0 saturated carbocycles. The molecule has 0 atom stereocenters. The van der Waals surface area contributed by atoms with Gasteiger partial charge >= 0.3 is 0 Å². The molecule has 0 aliphatic heterocycles. The minimum atomic E-state index is -0.310. The zero-order chi connectivity index (χ0) is 13.4. The summed E-state index contributed by atoms with van der Waals surface area (Å²) in [4.78, 5) is 8.81. The van der Waals surface area contributed by atoms with E-state index in [-0.39, 0.29) is 5.82 Å². The third-order valence-corrected chi connectivity index (χ3v) is 3.05. The Labute approximate surface area is 109 Å². The maximum atomic E-state index is 13.4. The van der Waals surface area contributed by atoms with Gasteiger partial charge in [-0.2, -0.15) is 0 Å². The predicted octanol–water partition coefficient (Wildman–Crippen LogP) is 3.33. The molecule has 1 heterocycles. The highest BCUT2D eigenvalue weighted by Crippen LogP contribution is 2.28. The Morgan fingerprint density at radius 2 is 1.68 bits per heavy atom. The van der Waals surface area contributed by atoms with Gasteiger partial charge in [-0.15, -0.1) is 0 Å². The van der Waals surface area contributed by atoms with Gasteiger partial charge in [-0.3, -0.25) is 0 Å². The van der Waals surface area contributed by atoms with Gasteiger partial charge in [-0.05, 0) is 36.8 Å². The van der Waals surface area contributed by atoms with Gasteiger partial charge in [0.2, 0.25) is 0 Å². The van der Waals surface area contributed by atoms with Gasteiger partial charge in [-0.25, -0.2) is 14.4 Å². The normalized spacial score (nSPS) is 10.8. The monoisotopic (exact) mass is 253 g/mol. The molecule has 0 spiro atoms. The van der Waals surface area contributed by atoms with Crippen LogP contribution < -0.4 is 5.73 Å². The fourth-order valence-electron chi connectivity index (χ4n) is 2.06. The second kappa shape index (κ2) is 4.31. The number of para-hydroxylation sites is 2. The molecule has 0 bridgehead atoms. The van der Waals surface area contributed by atoms with Gasteiger partial charge in [0.1, 0.15) is 11.5 Å². The summed E-state index contributed by atoms with van der Waals surface area (Å²) in [5.74, 6) is 0.00218. The van der Waals surface area contributed by atoms with Crippen molar-refractivity contribution in [3.05, 3.63) is 53.8 Å². The van der Waals surface area contributed by atoms with Crippen molar-refractivity contribution in [1.82, 2.24) is 9.97 Å². The molecule has 3 aromatic rings. The molecule has 0 radical (unpaired) electrons. The molecular formula is C15H12FN3. The fourth-order valence-corrected chi connectivity index (χ4v) is 2.06. The number of hydrogen-bond donors (Lipinski definition) is 1. The molecule has 1 aromatic heterocycles. The third kappa shape index (κ3) is 2.01. The first kappa shape index (κ1) is 11.6. The van der Waals surface area contributed by atoms with E-state index in [9.17, 15) is 4.39 Å². The van der Waals surface area contributed by atoms with Crippen LogP contribution in [-0.2, 0) is 0 Å². The quantitative estimate of drug-likeness (QED) is 0.723. The highest BCUT2D eigenvalue weighted by Gasteiger charge is 2.11. The topological polar surface area (TPSA) is 51.8 Å². The third-order valence-electron chi connectivity index (χ3n) is 3.05. The summed E-state index contributed by atoms with van der Waals surface area (Å²) < 4.78 is 13.4. The van der Waals surface area contributed by atoms with Crippen molar-refractivity contribution in [2.45, 2.75) is 6.92 Å². The molecule has 0 unspecified atom stereocenters. The second-order valence-electron chi connectivity index (χ2n) is 4.41. The van der Waals surface area contributed by atoms with E-state index >= 15 is 0 Å². The van der Waals surface area contributed by atoms with E-state index in [1.165, 1.54) is 12.1 Å². The lowest BCUT2D eigenvalue weighted by Crippen LogP contribution is -1.99. The number of halogens is 1. The van der Waals surface area contributed by atoms with Crippen molar-refractivity contribution in [2.24, 2.45) is 0 Å². The summed E-state index contributed by atoms with van der Waals surface area (Å²) in [6.45, 7) is 1.89. The number of nitrogen functional groups attached to an aromatic ring is 1. The average molecular weight is 253 g/mol.